The number of nitrogens with zero attached hydrogens (tertiary/aromatic N) is 1. The van der Waals surface area contributed by atoms with Crippen LogP contribution in [0.3, 0.4) is 0 Å². The van der Waals surface area contributed by atoms with Gasteiger partial charge in [-0.05, 0) is 12.1 Å². The molecule has 3 rings (SSSR count). The van der Waals surface area contributed by atoms with E-state index in [1.165, 1.54) is 12.3 Å². The maximum absolute atomic E-state index is 12.6. The summed E-state index contributed by atoms with van der Waals surface area (Å²) in [5.41, 5.74) is 0.438. The summed E-state index contributed by atoms with van der Waals surface area (Å²) in [6.45, 7) is -2.90. The van der Waals surface area contributed by atoms with E-state index in [0.29, 0.717) is 5.56 Å². The first-order valence-electron chi connectivity index (χ1n) is 8.15. The Labute approximate surface area is 161 Å². The quantitative estimate of drug-likeness (QED) is 0.364. The van der Waals surface area contributed by atoms with E-state index in [1.54, 1.807) is 18.2 Å². The van der Waals surface area contributed by atoms with E-state index in [0.717, 1.165) is 10.6 Å². The average molecular weight is 402 g/mol. The molecule has 3 aromatic rings. The summed E-state index contributed by atoms with van der Waals surface area (Å²) < 4.78 is 29.7. The van der Waals surface area contributed by atoms with Crippen LogP contribution in [-0.2, 0) is 11.8 Å². The van der Waals surface area contributed by atoms with Gasteiger partial charge in [-0.1, -0.05) is 84.6 Å². The molecule has 138 valence electrons. The molecule has 0 heterocycles. The maximum Gasteiger partial charge on any atom is 0.387 e. The van der Waals surface area contributed by atoms with Gasteiger partial charge in [0.2, 0.25) is 0 Å². The van der Waals surface area contributed by atoms with E-state index < -0.39 is 12.8 Å². The van der Waals surface area contributed by atoms with E-state index in [2.05, 4.69) is 15.0 Å². The lowest BCUT2D eigenvalue weighted by atomic mass is 10.2. The highest BCUT2D eigenvalue weighted by molar-refractivity contribution is 8.20. The summed E-state index contributed by atoms with van der Waals surface area (Å²) >= 11 is 5.99. The van der Waals surface area contributed by atoms with Crippen LogP contribution in [0.15, 0.2) is 90.0 Å². The number of nitrogens with one attached hydrogen (secondary N) is 1. The van der Waals surface area contributed by atoms with E-state index >= 15 is 0 Å². The zero-order valence-corrected chi connectivity index (χ0v) is 15.9. The summed E-state index contributed by atoms with van der Waals surface area (Å²) in [5, 5.41) is 9.31. The molecule has 27 heavy (non-hydrogen) atoms. The molecule has 0 bridgehead atoms. The smallest absolute Gasteiger partial charge is 0.387 e. The van der Waals surface area contributed by atoms with Crippen LogP contribution in [0.5, 0.6) is 5.75 Å². The molecule has 0 aliphatic carbocycles. The molecule has 0 radical (unpaired) electrons. The van der Waals surface area contributed by atoms with Gasteiger partial charge < -0.3 is 4.74 Å². The zero-order chi connectivity index (χ0) is 19.1. The van der Waals surface area contributed by atoms with Crippen molar-refractivity contribution in [3.63, 3.8) is 0 Å². The molecule has 3 aromatic carbocycles. The lowest BCUT2D eigenvalue weighted by molar-refractivity contribution is -0.0499. The lowest BCUT2D eigenvalue weighted by Crippen LogP contribution is -2.24. The fraction of sp³-hybridized carbons (Fsp3) is 0.0500. The van der Waals surface area contributed by atoms with Crippen molar-refractivity contribution in [3.05, 3.63) is 90.5 Å². The van der Waals surface area contributed by atoms with Crippen molar-refractivity contribution < 1.29 is 13.5 Å². The van der Waals surface area contributed by atoms with Crippen LogP contribution in [0.2, 0.25) is 0 Å². The molecular weight excluding hydrogens is 385 g/mol. The van der Waals surface area contributed by atoms with E-state index in [1.807, 2.05) is 60.7 Å². The first-order valence-corrected chi connectivity index (χ1v) is 11.0. The van der Waals surface area contributed by atoms with E-state index in [4.69, 9.17) is 11.8 Å². The maximum atomic E-state index is 12.6. The van der Waals surface area contributed by atoms with Crippen molar-refractivity contribution in [3.8, 4) is 5.75 Å². The molecule has 0 fully saturated rings. The zero-order valence-electron chi connectivity index (χ0n) is 14.2. The fourth-order valence-electron chi connectivity index (χ4n) is 2.51. The van der Waals surface area contributed by atoms with Crippen LogP contribution in [0, 0.1) is 0 Å². The molecule has 0 aliphatic rings. The van der Waals surface area contributed by atoms with Crippen molar-refractivity contribution >= 4 is 34.8 Å². The monoisotopic (exact) mass is 402 g/mol. The minimum atomic E-state index is -2.90. The van der Waals surface area contributed by atoms with Gasteiger partial charge in [-0.2, -0.15) is 13.9 Å². The number of hydrazone groups is 1. The molecule has 0 saturated heterocycles. The number of alkyl halides is 2. The standard InChI is InChI=1S/C20H17F2N2OPS/c21-20(22)25-19-14-8-7-9-16(19)15-23-24-26(27,17-10-3-1-4-11-17)18-12-5-2-6-13-18/h1-15,20H,(H,24,27). The predicted molar refractivity (Wildman–Crippen MR) is 110 cm³/mol. The number of ether oxygens (including phenoxy) is 1. The van der Waals surface area contributed by atoms with E-state index in [9.17, 15) is 8.78 Å². The Morgan fingerprint density at radius 3 is 1.93 bits per heavy atom. The van der Waals surface area contributed by atoms with Crippen LogP contribution < -0.4 is 20.5 Å². The van der Waals surface area contributed by atoms with E-state index in [-0.39, 0.29) is 5.75 Å². The summed E-state index contributed by atoms with van der Waals surface area (Å²) in [5.74, 6) is 0.0609. The Morgan fingerprint density at radius 2 is 1.37 bits per heavy atom. The lowest BCUT2D eigenvalue weighted by Gasteiger charge is -2.22. The third-order valence-corrected chi connectivity index (χ3v) is 7.73. The average Bonchev–Trinajstić information content (AvgIpc) is 2.70. The van der Waals surface area contributed by atoms with Crippen molar-refractivity contribution in [1.29, 1.82) is 0 Å². The second kappa shape index (κ2) is 8.89. The van der Waals surface area contributed by atoms with Crippen LogP contribution in [0.1, 0.15) is 5.56 Å². The van der Waals surface area contributed by atoms with Crippen LogP contribution in [-0.4, -0.2) is 12.8 Å². The Balaban J connectivity index is 1.91. The highest BCUT2D eigenvalue weighted by atomic mass is 32.4. The second-order valence-corrected chi connectivity index (χ2v) is 9.65. The number of para-hydroxylation sites is 1. The topological polar surface area (TPSA) is 33.6 Å². The molecule has 0 aromatic heterocycles. The van der Waals surface area contributed by atoms with Crippen molar-refractivity contribution in [2.24, 2.45) is 5.10 Å². The van der Waals surface area contributed by atoms with Crippen molar-refractivity contribution in [1.82, 2.24) is 5.20 Å². The summed E-state index contributed by atoms with van der Waals surface area (Å²) in [6.07, 6.45) is -0.958. The van der Waals surface area contributed by atoms with Crippen LogP contribution >= 0.6 is 6.19 Å². The highest BCUT2D eigenvalue weighted by Gasteiger charge is 2.21. The number of benzene rings is 3. The van der Waals surface area contributed by atoms with Crippen molar-refractivity contribution in [2.75, 3.05) is 0 Å². The van der Waals surface area contributed by atoms with Gasteiger partial charge in [-0.25, -0.2) is 0 Å². The Hall–Kier alpha value is -2.56. The second-order valence-electron chi connectivity index (χ2n) is 5.55. The van der Waals surface area contributed by atoms with Gasteiger partial charge in [0.25, 0.3) is 0 Å². The molecule has 0 spiro atoms. The van der Waals surface area contributed by atoms with Gasteiger partial charge >= 0.3 is 6.61 Å². The number of rotatable bonds is 7. The summed E-state index contributed by atoms with van der Waals surface area (Å²) in [7, 11) is 0. The minimum Gasteiger partial charge on any atom is -0.434 e. The van der Waals surface area contributed by atoms with Crippen LogP contribution in [0.25, 0.3) is 0 Å². The van der Waals surface area contributed by atoms with Crippen molar-refractivity contribution in [2.45, 2.75) is 6.61 Å². The largest absolute Gasteiger partial charge is 0.434 e. The molecule has 0 atom stereocenters. The Bertz CT molecular complexity index is 909. The highest BCUT2D eigenvalue weighted by Crippen LogP contribution is 2.38. The van der Waals surface area contributed by atoms with Gasteiger partial charge in [-0.15, -0.1) is 0 Å². The van der Waals surface area contributed by atoms with Gasteiger partial charge in [-0.3, -0.25) is 5.20 Å². The third-order valence-electron chi connectivity index (χ3n) is 3.78. The predicted octanol–water partition coefficient (Wildman–Crippen LogP) is 4.26. The fourth-order valence-corrected chi connectivity index (χ4v) is 5.32. The van der Waals surface area contributed by atoms with Gasteiger partial charge in [0.1, 0.15) is 11.9 Å². The SMILES string of the molecule is FC(F)Oc1ccccc1C=NNP(=S)(c1ccccc1)c1ccccc1. The molecule has 1 N–H and O–H groups in total. The van der Waals surface area contributed by atoms with Gasteiger partial charge in [0, 0.05) is 16.2 Å². The van der Waals surface area contributed by atoms with Gasteiger partial charge in [0.15, 0.2) is 0 Å². The minimum absolute atomic E-state index is 0.0609. The molecule has 3 nitrogen and oxygen atoms in total. The third kappa shape index (κ3) is 4.79. The summed E-state index contributed by atoms with van der Waals surface area (Å²) in [6, 6.07) is 25.9. The van der Waals surface area contributed by atoms with Gasteiger partial charge in [0.05, 0.1) is 6.21 Å². The van der Waals surface area contributed by atoms with Crippen LogP contribution in [0.4, 0.5) is 8.78 Å². The Morgan fingerprint density at radius 1 is 0.852 bits per heavy atom. The molecule has 0 amide bonds. The molecule has 0 unspecified atom stereocenters. The summed E-state index contributed by atoms with van der Waals surface area (Å²) in [4.78, 5) is 0. The Kier molecular flexibility index (Phi) is 6.32. The molecule has 0 saturated carbocycles. The number of hydrogen-bond donors (Lipinski definition) is 1. The first kappa shape index (κ1) is 19.2. The molecule has 7 heteroatoms. The normalized spacial score (nSPS) is 11.7. The first-order chi connectivity index (χ1) is 13.1. The molecular formula is C20H17F2N2OPS. The molecule has 0 aliphatic heterocycles. The number of hydrogen-bond acceptors (Lipinski definition) is 3. The number of halogens is 2.